The Morgan fingerprint density at radius 1 is 1.00 bits per heavy atom. The Bertz CT molecular complexity index is 146. The lowest BCUT2D eigenvalue weighted by Crippen LogP contribution is -1.62. The summed E-state index contributed by atoms with van der Waals surface area (Å²) < 4.78 is 0. The highest BCUT2D eigenvalue weighted by atomic mass is 16.0. The van der Waals surface area contributed by atoms with Crippen molar-refractivity contribution in [2.24, 2.45) is 0 Å². The first-order valence-corrected chi connectivity index (χ1v) is 2.91. The van der Waals surface area contributed by atoms with Crippen LogP contribution in [-0.4, -0.2) is 5.48 Å². The third-order valence-electron chi connectivity index (χ3n) is 0.940. The maximum atomic E-state index is 3.00. The smallest absolute Gasteiger partial charge is 0.0398 e. The summed E-state index contributed by atoms with van der Waals surface area (Å²) in [5.41, 5.74) is 1.32. The Balaban J connectivity index is 0. The Kier molecular flexibility index (Phi) is 9.25. The summed E-state index contributed by atoms with van der Waals surface area (Å²) >= 11 is 0. The van der Waals surface area contributed by atoms with Crippen molar-refractivity contribution in [3.63, 3.8) is 0 Å². The third kappa shape index (κ3) is 5.06. The summed E-state index contributed by atoms with van der Waals surface area (Å²) in [5, 5.41) is 0. The molecule has 1 rings (SSSR count). The van der Waals surface area contributed by atoms with Crippen LogP contribution in [0.15, 0.2) is 43.5 Å². The van der Waals surface area contributed by atoms with Gasteiger partial charge >= 0.3 is 0 Å². The Labute approximate surface area is 62.3 Å². The van der Waals surface area contributed by atoms with E-state index in [-0.39, 0.29) is 5.48 Å². The highest BCUT2D eigenvalue weighted by Gasteiger charge is 1.72. The number of aryl methyl sites for hydroxylation is 1. The quantitative estimate of drug-likeness (QED) is 0.491. The van der Waals surface area contributed by atoms with Gasteiger partial charge in [0.1, 0.15) is 0 Å². The fourth-order valence-corrected chi connectivity index (χ4v) is 0.534. The summed E-state index contributed by atoms with van der Waals surface area (Å²) in [6.07, 6.45) is 0. The molecular formula is C9H14O. The molecular weight excluding hydrogens is 124 g/mol. The van der Waals surface area contributed by atoms with Gasteiger partial charge in [-0.3, -0.25) is 0 Å². The second-order valence-electron chi connectivity index (χ2n) is 1.65. The number of rotatable bonds is 0. The molecule has 0 bridgehead atoms. The van der Waals surface area contributed by atoms with Crippen LogP contribution in [-0.2, 0) is 0 Å². The van der Waals surface area contributed by atoms with Crippen molar-refractivity contribution < 1.29 is 5.48 Å². The van der Waals surface area contributed by atoms with E-state index in [1.54, 1.807) is 0 Å². The van der Waals surface area contributed by atoms with Crippen LogP contribution in [0.25, 0.3) is 0 Å². The zero-order valence-corrected chi connectivity index (χ0v) is 6.30. The van der Waals surface area contributed by atoms with Crippen LogP contribution < -0.4 is 0 Å². The van der Waals surface area contributed by atoms with Crippen molar-refractivity contribution in [2.75, 3.05) is 0 Å². The first-order chi connectivity index (χ1) is 4.39. The van der Waals surface area contributed by atoms with E-state index >= 15 is 0 Å². The van der Waals surface area contributed by atoms with Crippen LogP contribution in [0.5, 0.6) is 0 Å². The van der Waals surface area contributed by atoms with Gasteiger partial charge in [-0.2, -0.15) is 0 Å². The van der Waals surface area contributed by atoms with Crippen LogP contribution in [0.1, 0.15) is 5.56 Å². The predicted molar refractivity (Wildman–Crippen MR) is 46.0 cm³/mol. The van der Waals surface area contributed by atoms with Crippen molar-refractivity contribution >= 4 is 0 Å². The molecule has 0 heterocycles. The maximum absolute atomic E-state index is 3.00. The van der Waals surface area contributed by atoms with Crippen LogP contribution >= 0.6 is 0 Å². The molecule has 2 N–H and O–H groups in total. The van der Waals surface area contributed by atoms with E-state index in [0.717, 1.165) is 0 Å². The van der Waals surface area contributed by atoms with Gasteiger partial charge in [-0.05, 0) is 6.92 Å². The lowest BCUT2D eigenvalue weighted by molar-refractivity contribution is 0.824. The summed E-state index contributed by atoms with van der Waals surface area (Å²) in [6, 6.07) is 10.3. The van der Waals surface area contributed by atoms with Gasteiger partial charge in [-0.25, -0.2) is 0 Å². The standard InChI is InChI=1S/C7H8.C2H4.H2O/c1-7-5-3-2-4-6-7;1-2;/h2-6H,1H3;1-2H2;1H2. The zero-order chi connectivity index (χ0) is 7.11. The first-order valence-electron chi connectivity index (χ1n) is 2.91. The van der Waals surface area contributed by atoms with E-state index in [1.165, 1.54) is 5.56 Å². The molecule has 0 unspecified atom stereocenters. The van der Waals surface area contributed by atoms with Crippen molar-refractivity contribution in [1.82, 2.24) is 0 Å². The molecule has 0 radical (unpaired) electrons. The summed E-state index contributed by atoms with van der Waals surface area (Å²) in [7, 11) is 0. The summed E-state index contributed by atoms with van der Waals surface area (Å²) in [5.74, 6) is 0. The molecule has 0 amide bonds. The normalized spacial score (nSPS) is 6.50. The molecule has 0 atom stereocenters. The summed E-state index contributed by atoms with van der Waals surface area (Å²) in [4.78, 5) is 0. The van der Waals surface area contributed by atoms with E-state index in [0.29, 0.717) is 0 Å². The predicted octanol–water partition coefficient (Wildman–Crippen LogP) is 1.97. The molecule has 0 saturated carbocycles. The van der Waals surface area contributed by atoms with Crippen molar-refractivity contribution in [3.05, 3.63) is 49.1 Å². The molecule has 0 aliphatic carbocycles. The van der Waals surface area contributed by atoms with Crippen LogP contribution in [0.3, 0.4) is 0 Å². The largest absolute Gasteiger partial charge is 0.412 e. The Hall–Kier alpha value is -1.08. The Morgan fingerprint density at radius 2 is 1.40 bits per heavy atom. The van der Waals surface area contributed by atoms with Gasteiger partial charge < -0.3 is 5.48 Å². The molecule has 0 spiro atoms. The van der Waals surface area contributed by atoms with Gasteiger partial charge in [0.15, 0.2) is 0 Å². The number of benzene rings is 1. The second-order valence-corrected chi connectivity index (χ2v) is 1.65. The molecule has 1 nitrogen and oxygen atoms in total. The van der Waals surface area contributed by atoms with Gasteiger partial charge in [0.05, 0.1) is 0 Å². The second kappa shape index (κ2) is 7.92. The lowest BCUT2D eigenvalue weighted by Gasteiger charge is -1.82. The van der Waals surface area contributed by atoms with Crippen molar-refractivity contribution in [3.8, 4) is 0 Å². The zero-order valence-electron chi connectivity index (χ0n) is 6.30. The highest BCUT2D eigenvalue weighted by Crippen LogP contribution is 1.92. The molecule has 0 saturated heterocycles. The van der Waals surface area contributed by atoms with Crippen molar-refractivity contribution in [1.29, 1.82) is 0 Å². The van der Waals surface area contributed by atoms with Gasteiger partial charge in [0, 0.05) is 0 Å². The monoisotopic (exact) mass is 138 g/mol. The molecule has 0 aliphatic heterocycles. The maximum Gasteiger partial charge on any atom is -0.0398 e. The van der Waals surface area contributed by atoms with E-state index < -0.39 is 0 Å². The lowest BCUT2D eigenvalue weighted by atomic mass is 10.2. The average molecular weight is 138 g/mol. The molecule has 1 aromatic rings. The van der Waals surface area contributed by atoms with Crippen LogP contribution in [0.2, 0.25) is 0 Å². The average Bonchev–Trinajstić information content (AvgIpc) is 1.94. The molecule has 0 aromatic heterocycles. The first kappa shape index (κ1) is 11.7. The minimum absolute atomic E-state index is 0. The summed E-state index contributed by atoms with van der Waals surface area (Å²) in [6.45, 7) is 8.08. The van der Waals surface area contributed by atoms with E-state index in [2.05, 4.69) is 32.2 Å². The highest BCUT2D eigenvalue weighted by molar-refractivity contribution is 5.11. The Morgan fingerprint density at radius 3 is 1.60 bits per heavy atom. The minimum Gasteiger partial charge on any atom is -0.412 e. The fraction of sp³-hybridized carbons (Fsp3) is 0.111. The van der Waals surface area contributed by atoms with Crippen molar-refractivity contribution in [2.45, 2.75) is 6.92 Å². The SMILES string of the molecule is C=C.Cc1ccccc1.O. The number of hydrogen-bond donors (Lipinski definition) is 0. The fourth-order valence-electron chi connectivity index (χ4n) is 0.534. The molecule has 0 aliphatic rings. The third-order valence-corrected chi connectivity index (χ3v) is 0.940. The van der Waals surface area contributed by atoms with E-state index in [1.807, 2.05) is 18.2 Å². The molecule has 1 heteroatoms. The molecule has 0 fully saturated rings. The molecule has 1 aromatic carbocycles. The van der Waals surface area contributed by atoms with Gasteiger partial charge in [-0.15, -0.1) is 13.2 Å². The van der Waals surface area contributed by atoms with Gasteiger partial charge in [0.25, 0.3) is 0 Å². The van der Waals surface area contributed by atoms with Crippen LogP contribution in [0, 0.1) is 6.92 Å². The van der Waals surface area contributed by atoms with E-state index in [4.69, 9.17) is 0 Å². The van der Waals surface area contributed by atoms with Crippen LogP contribution in [0.4, 0.5) is 0 Å². The topological polar surface area (TPSA) is 31.5 Å². The molecule has 10 heavy (non-hydrogen) atoms. The van der Waals surface area contributed by atoms with Gasteiger partial charge in [0.2, 0.25) is 0 Å². The number of hydrogen-bond acceptors (Lipinski definition) is 0. The van der Waals surface area contributed by atoms with Gasteiger partial charge in [-0.1, -0.05) is 35.9 Å². The minimum atomic E-state index is 0. The van der Waals surface area contributed by atoms with E-state index in [9.17, 15) is 0 Å². The molecule has 56 valence electrons.